The lowest BCUT2D eigenvalue weighted by atomic mass is 9.99. The van der Waals surface area contributed by atoms with Gasteiger partial charge in [-0.15, -0.1) is 0 Å². The number of carbonyl (C=O) groups excluding carboxylic acids is 2. The molecule has 0 rings (SSSR count). The molecule has 0 saturated heterocycles. The third-order valence-electron chi connectivity index (χ3n) is 5.28. The minimum atomic E-state index is -0.999. The number of hydrogen-bond donors (Lipinski definition) is 1. The summed E-state index contributed by atoms with van der Waals surface area (Å²) in [5, 5.41) is 10.4. The number of hydrogen-bond acceptors (Lipinski definition) is 5. The summed E-state index contributed by atoms with van der Waals surface area (Å²) < 4.78 is 10.4. The Bertz CT molecular complexity index is 370. The van der Waals surface area contributed by atoms with Crippen molar-refractivity contribution in [3.8, 4) is 0 Å². The van der Waals surface area contributed by atoms with Crippen molar-refractivity contribution in [1.29, 1.82) is 0 Å². The van der Waals surface area contributed by atoms with Crippen LogP contribution in [-0.4, -0.2) is 35.9 Å². The van der Waals surface area contributed by atoms with Gasteiger partial charge in [0.15, 0.2) is 0 Å². The molecule has 5 nitrogen and oxygen atoms in total. The molecule has 172 valence electrons. The zero-order valence-electron chi connectivity index (χ0n) is 19.3. The minimum Gasteiger partial charge on any atom is -0.466 e. The van der Waals surface area contributed by atoms with Crippen LogP contribution in [0.25, 0.3) is 0 Å². The predicted octanol–water partition coefficient (Wildman–Crippen LogP) is 6.11. The van der Waals surface area contributed by atoms with Gasteiger partial charge in [-0.1, -0.05) is 78.1 Å². The highest BCUT2D eigenvalue weighted by Gasteiger charge is 2.21. The first-order chi connectivity index (χ1) is 13.9. The summed E-state index contributed by atoms with van der Waals surface area (Å²) in [6.07, 6.45) is 15.2. The third kappa shape index (κ3) is 20.0. The summed E-state index contributed by atoms with van der Waals surface area (Å²) in [5.74, 6) is -0.386. The zero-order valence-corrected chi connectivity index (χ0v) is 19.3. The molecule has 1 N–H and O–H groups in total. The van der Waals surface area contributed by atoms with E-state index in [1.807, 2.05) is 0 Å². The SMILES string of the molecule is CCCCCCCCC(=O)OCCC(C)(O)CCOC(=O)CCCCCCCC. The van der Waals surface area contributed by atoms with Gasteiger partial charge in [-0.25, -0.2) is 0 Å². The van der Waals surface area contributed by atoms with Crippen LogP contribution in [0, 0.1) is 0 Å². The highest BCUT2D eigenvalue weighted by molar-refractivity contribution is 5.69. The molecular weight excluding hydrogens is 368 g/mol. The molecule has 0 aliphatic carbocycles. The van der Waals surface area contributed by atoms with Crippen molar-refractivity contribution in [2.24, 2.45) is 0 Å². The van der Waals surface area contributed by atoms with Crippen LogP contribution >= 0.6 is 0 Å². The van der Waals surface area contributed by atoms with Gasteiger partial charge in [0.1, 0.15) is 0 Å². The van der Waals surface area contributed by atoms with Crippen LogP contribution in [0.1, 0.15) is 124 Å². The van der Waals surface area contributed by atoms with E-state index in [-0.39, 0.29) is 25.2 Å². The molecule has 29 heavy (non-hydrogen) atoms. The van der Waals surface area contributed by atoms with E-state index >= 15 is 0 Å². The molecule has 0 aromatic heterocycles. The van der Waals surface area contributed by atoms with Gasteiger partial charge in [0.05, 0.1) is 18.8 Å². The molecular formula is C24H46O5. The second-order valence-corrected chi connectivity index (χ2v) is 8.47. The van der Waals surface area contributed by atoms with Crippen LogP contribution in [0.2, 0.25) is 0 Å². The average Bonchev–Trinajstić information content (AvgIpc) is 2.67. The lowest BCUT2D eigenvalue weighted by molar-refractivity contribution is -0.146. The normalized spacial score (nSPS) is 11.4. The van der Waals surface area contributed by atoms with Crippen LogP contribution in [0.5, 0.6) is 0 Å². The number of ether oxygens (including phenoxy) is 2. The van der Waals surface area contributed by atoms with E-state index in [1.54, 1.807) is 6.92 Å². The van der Waals surface area contributed by atoms with E-state index in [9.17, 15) is 14.7 Å². The first-order valence-electron chi connectivity index (χ1n) is 11.9. The van der Waals surface area contributed by atoms with E-state index in [4.69, 9.17) is 9.47 Å². The molecule has 0 atom stereocenters. The smallest absolute Gasteiger partial charge is 0.305 e. The quantitative estimate of drug-likeness (QED) is 0.192. The summed E-state index contributed by atoms with van der Waals surface area (Å²) >= 11 is 0. The fourth-order valence-corrected chi connectivity index (χ4v) is 3.14. The van der Waals surface area contributed by atoms with E-state index < -0.39 is 5.60 Å². The Morgan fingerprint density at radius 1 is 0.655 bits per heavy atom. The highest BCUT2D eigenvalue weighted by Crippen LogP contribution is 2.16. The Kier molecular flexibility index (Phi) is 18.2. The van der Waals surface area contributed by atoms with Crippen molar-refractivity contribution in [2.75, 3.05) is 13.2 Å². The van der Waals surface area contributed by atoms with Crippen molar-refractivity contribution in [1.82, 2.24) is 0 Å². The Morgan fingerprint density at radius 2 is 1.00 bits per heavy atom. The van der Waals surface area contributed by atoms with Crippen LogP contribution in [0.15, 0.2) is 0 Å². The fourth-order valence-electron chi connectivity index (χ4n) is 3.14. The summed E-state index contributed by atoms with van der Waals surface area (Å²) in [6, 6.07) is 0. The Labute approximate surface area is 178 Å². The van der Waals surface area contributed by atoms with E-state index in [0.29, 0.717) is 25.7 Å². The van der Waals surface area contributed by atoms with Crippen molar-refractivity contribution in [3.05, 3.63) is 0 Å². The first-order valence-corrected chi connectivity index (χ1v) is 11.9. The molecule has 0 fully saturated rings. The maximum Gasteiger partial charge on any atom is 0.305 e. The number of aliphatic hydroxyl groups is 1. The molecule has 0 aromatic carbocycles. The molecule has 0 radical (unpaired) electrons. The van der Waals surface area contributed by atoms with Crippen molar-refractivity contribution in [3.63, 3.8) is 0 Å². The largest absolute Gasteiger partial charge is 0.466 e. The van der Waals surface area contributed by atoms with Gasteiger partial charge in [0, 0.05) is 25.7 Å². The number of unbranched alkanes of at least 4 members (excludes halogenated alkanes) is 10. The standard InChI is InChI=1S/C24H46O5/c1-4-6-8-10-12-14-16-22(25)28-20-18-24(3,27)19-21-29-23(26)17-15-13-11-9-7-5-2/h27H,4-21H2,1-3H3. The summed E-state index contributed by atoms with van der Waals surface area (Å²) in [4.78, 5) is 23.5. The van der Waals surface area contributed by atoms with E-state index in [1.165, 1.54) is 51.4 Å². The zero-order chi connectivity index (χ0) is 21.8. The number of carbonyl (C=O) groups is 2. The van der Waals surface area contributed by atoms with Crippen molar-refractivity contribution in [2.45, 2.75) is 129 Å². The van der Waals surface area contributed by atoms with Crippen LogP contribution in [-0.2, 0) is 19.1 Å². The molecule has 5 heteroatoms. The molecule has 0 bridgehead atoms. The monoisotopic (exact) mass is 414 g/mol. The van der Waals surface area contributed by atoms with Gasteiger partial charge in [-0.05, 0) is 19.8 Å². The molecule has 0 aromatic rings. The van der Waals surface area contributed by atoms with Gasteiger partial charge in [-0.2, -0.15) is 0 Å². The van der Waals surface area contributed by atoms with Crippen LogP contribution < -0.4 is 0 Å². The Balaban J connectivity index is 3.64. The molecule has 0 heterocycles. The fraction of sp³-hybridized carbons (Fsp3) is 0.917. The molecule has 0 unspecified atom stereocenters. The second-order valence-electron chi connectivity index (χ2n) is 8.47. The van der Waals surface area contributed by atoms with Gasteiger partial charge in [0.2, 0.25) is 0 Å². The lowest BCUT2D eigenvalue weighted by Gasteiger charge is -2.22. The minimum absolute atomic E-state index is 0.193. The number of rotatable bonds is 20. The molecule has 0 amide bonds. The van der Waals surface area contributed by atoms with Gasteiger partial charge >= 0.3 is 11.9 Å². The molecule has 0 saturated carbocycles. The van der Waals surface area contributed by atoms with Gasteiger partial charge in [0.25, 0.3) is 0 Å². The van der Waals surface area contributed by atoms with Gasteiger partial charge in [-0.3, -0.25) is 9.59 Å². The average molecular weight is 415 g/mol. The maximum atomic E-state index is 11.7. The topological polar surface area (TPSA) is 72.8 Å². The van der Waals surface area contributed by atoms with Gasteiger partial charge < -0.3 is 14.6 Å². The number of esters is 2. The Hall–Kier alpha value is -1.10. The summed E-state index contributed by atoms with van der Waals surface area (Å²) in [5.41, 5.74) is -0.999. The van der Waals surface area contributed by atoms with Crippen molar-refractivity contribution >= 4 is 11.9 Å². The maximum absolute atomic E-state index is 11.7. The summed E-state index contributed by atoms with van der Waals surface area (Å²) in [7, 11) is 0. The first kappa shape index (κ1) is 27.9. The lowest BCUT2D eigenvalue weighted by Crippen LogP contribution is -2.29. The second kappa shape index (κ2) is 18.9. The van der Waals surface area contributed by atoms with Crippen LogP contribution in [0.3, 0.4) is 0 Å². The van der Waals surface area contributed by atoms with Crippen LogP contribution in [0.4, 0.5) is 0 Å². The van der Waals surface area contributed by atoms with E-state index in [2.05, 4.69) is 13.8 Å². The molecule has 0 aliphatic heterocycles. The molecule has 0 spiro atoms. The summed E-state index contributed by atoms with van der Waals surface area (Å²) in [6.45, 7) is 6.47. The Morgan fingerprint density at radius 3 is 1.38 bits per heavy atom. The van der Waals surface area contributed by atoms with E-state index in [0.717, 1.165) is 25.7 Å². The molecule has 0 aliphatic rings. The highest BCUT2D eigenvalue weighted by atomic mass is 16.5. The third-order valence-corrected chi connectivity index (χ3v) is 5.28. The predicted molar refractivity (Wildman–Crippen MR) is 118 cm³/mol. The van der Waals surface area contributed by atoms with Crippen molar-refractivity contribution < 1.29 is 24.2 Å².